The van der Waals surface area contributed by atoms with Crippen molar-refractivity contribution in [2.75, 3.05) is 48.3 Å². The third-order valence-corrected chi connectivity index (χ3v) is 11.3. The van der Waals surface area contributed by atoms with Crippen molar-refractivity contribution in [1.29, 1.82) is 5.26 Å². The molecule has 1 saturated carbocycles. The lowest BCUT2D eigenvalue weighted by molar-refractivity contribution is -0.134. The number of piperazine rings is 1. The fraction of sp³-hybridized carbons (Fsp3) is 0.462. The number of pyridine rings is 2. The molecule has 2 aliphatic heterocycles. The smallest absolute Gasteiger partial charge is 0.234 e. The first kappa shape index (κ1) is 37.2. The number of rotatable bonds is 12. The van der Waals surface area contributed by atoms with E-state index in [9.17, 15) is 14.9 Å². The van der Waals surface area contributed by atoms with E-state index in [1.54, 1.807) is 30.1 Å². The third kappa shape index (κ3) is 8.81. The molecule has 1 aliphatic carbocycles. The van der Waals surface area contributed by atoms with E-state index in [4.69, 9.17) is 17.3 Å². The van der Waals surface area contributed by atoms with E-state index < -0.39 is 6.04 Å². The number of benzene rings is 1. The molecule has 2 atom stereocenters. The lowest BCUT2D eigenvalue weighted by Crippen LogP contribution is -2.47. The first-order valence-electron chi connectivity index (χ1n) is 18.9. The second-order valence-electron chi connectivity index (χ2n) is 14.6. The molecule has 2 amide bonds. The summed E-state index contributed by atoms with van der Waals surface area (Å²) >= 11 is 6.41. The number of nitrogens with one attached hydrogen (secondary N) is 3. The topological polar surface area (TPSA) is 183 Å². The quantitative estimate of drug-likeness (QED) is 0.138. The summed E-state index contributed by atoms with van der Waals surface area (Å²) in [6.45, 7) is 7.29. The molecule has 14 nitrogen and oxygen atoms in total. The maximum Gasteiger partial charge on any atom is 0.234 e. The highest BCUT2D eigenvalue weighted by atomic mass is 35.5. The molecule has 15 heteroatoms. The number of aromatic nitrogens is 5. The number of nitrogens with two attached hydrogens (primary N) is 1. The Balaban J connectivity index is 0.887. The van der Waals surface area contributed by atoms with E-state index in [0.29, 0.717) is 59.3 Å². The van der Waals surface area contributed by atoms with Crippen LogP contribution in [0.5, 0.6) is 0 Å². The zero-order chi connectivity index (χ0) is 37.6. The molecule has 2 saturated heterocycles. The van der Waals surface area contributed by atoms with Crippen molar-refractivity contribution in [1.82, 2.24) is 35.2 Å². The first-order chi connectivity index (χ1) is 26.3. The summed E-state index contributed by atoms with van der Waals surface area (Å²) in [6.07, 6.45) is 12.0. The highest BCUT2D eigenvalue weighted by Gasteiger charge is 2.29. The minimum atomic E-state index is -0.447. The molecular formula is C39H47ClN12O2. The molecule has 3 aromatic heterocycles. The van der Waals surface area contributed by atoms with Crippen LogP contribution in [0, 0.1) is 17.2 Å². The Labute approximate surface area is 320 Å². The molecule has 282 valence electrons. The molecule has 0 radical (unpaired) electrons. The van der Waals surface area contributed by atoms with Crippen LogP contribution < -0.4 is 26.6 Å². The van der Waals surface area contributed by atoms with Gasteiger partial charge in [0.2, 0.25) is 11.8 Å². The van der Waals surface area contributed by atoms with E-state index >= 15 is 0 Å². The van der Waals surface area contributed by atoms with Gasteiger partial charge in [-0.05, 0) is 87.2 Å². The summed E-state index contributed by atoms with van der Waals surface area (Å²) in [6, 6.07) is 13.7. The van der Waals surface area contributed by atoms with Gasteiger partial charge >= 0.3 is 0 Å². The Hall–Kier alpha value is -5.10. The molecule has 3 aliphatic rings. The Morgan fingerprint density at radius 1 is 1.04 bits per heavy atom. The SMILES string of the molecule is C[C@H](C#N)Nc1cc(Nc2ncc(CN)cc2Cl)ncc1-n1cc(C2CCC(CCN3CCN(c4ccc(C5CCC(=O)NC5=O)cc4)CC3)CC2)nn1. The first-order valence-corrected chi connectivity index (χ1v) is 19.3. The zero-order valence-electron chi connectivity index (χ0n) is 30.5. The highest BCUT2D eigenvalue weighted by Crippen LogP contribution is 2.37. The van der Waals surface area contributed by atoms with Crippen LogP contribution in [0.1, 0.15) is 80.5 Å². The number of carbonyl (C=O) groups excluding carboxylic acids is 2. The van der Waals surface area contributed by atoms with E-state index in [1.165, 1.54) is 24.9 Å². The van der Waals surface area contributed by atoms with Crippen molar-refractivity contribution >= 4 is 46.4 Å². The molecule has 1 aromatic carbocycles. The number of anilines is 4. The predicted octanol–water partition coefficient (Wildman–Crippen LogP) is 5.24. The van der Waals surface area contributed by atoms with Gasteiger partial charge in [-0.25, -0.2) is 14.6 Å². The number of nitrogens with zero attached hydrogens (tertiary/aromatic N) is 8. The van der Waals surface area contributed by atoms with Crippen LogP contribution in [0.2, 0.25) is 5.02 Å². The van der Waals surface area contributed by atoms with Crippen LogP contribution in [0.3, 0.4) is 0 Å². The molecule has 7 rings (SSSR count). The Kier molecular flexibility index (Phi) is 11.7. The minimum absolute atomic E-state index is 0.182. The van der Waals surface area contributed by atoms with Gasteiger partial charge in [0, 0.05) is 63.0 Å². The largest absolute Gasteiger partial charge is 0.369 e. The van der Waals surface area contributed by atoms with Gasteiger partial charge in [0.25, 0.3) is 0 Å². The lowest BCUT2D eigenvalue weighted by Gasteiger charge is -2.37. The summed E-state index contributed by atoms with van der Waals surface area (Å²) in [5, 5.41) is 27.9. The molecule has 0 bridgehead atoms. The third-order valence-electron chi connectivity index (χ3n) is 11.0. The van der Waals surface area contributed by atoms with Crippen LogP contribution in [-0.4, -0.2) is 80.4 Å². The van der Waals surface area contributed by atoms with E-state index in [2.05, 4.69) is 64.2 Å². The summed E-state index contributed by atoms with van der Waals surface area (Å²) in [5.41, 5.74) is 11.0. The molecular weight excluding hydrogens is 704 g/mol. The van der Waals surface area contributed by atoms with Crippen LogP contribution in [-0.2, 0) is 16.1 Å². The number of nitriles is 1. The Morgan fingerprint density at radius 2 is 1.81 bits per heavy atom. The van der Waals surface area contributed by atoms with E-state index in [-0.39, 0.29) is 17.7 Å². The number of piperidine rings is 1. The van der Waals surface area contributed by atoms with Crippen molar-refractivity contribution in [3.63, 3.8) is 0 Å². The normalized spacial score (nSPS) is 21.3. The number of carbonyl (C=O) groups is 2. The number of halogens is 1. The summed E-state index contributed by atoms with van der Waals surface area (Å²) in [4.78, 5) is 37.8. The number of hydrogen-bond acceptors (Lipinski definition) is 12. The zero-order valence-corrected chi connectivity index (χ0v) is 31.3. The molecule has 3 fully saturated rings. The predicted molar refractivity (Wildman–Crippen MR) is 208 cm³/mol. The van der Waals surface area contributed by atoms with Crippen molar-refractivity contribution in [3.05, 3.63) is 76.8 Å². The van der Waals surface area contributed by atoms with Gasteiger partial charge in [-0.1, -0.05) is 28.9 Å². The molecule has 4 aromatic rings. The number of hydrogen-bond donors (Lipinski definition) is 4. The fourth-order valence-electron chi connectivity index (χ4n) is 7.73. The second-order valence-corrected chi connectivity index (χ2v) is 15.0. The Morgan fingerprint density at radius 3 is 2.52 bits per heavy atom. The molecule has 5 heterocycles. The maximum atomic E-state index is 12.3. The van der Waals surface area contributed by atoms with Gasteiger partial charge in [0.05, 0.1) is 40.8 Å². The van der Waals surface area contributed by atoms with Crippen molar-refractivity contribution in [3.8, 4) is 11.8 Å². The number of imide groups is 1. The fourth-order valence-corrected chi connectivity index (χ4v) is 7.97. The van der Waals surface area contributed by atoms with Gasteiger partial charge in [0.1, 0.15) is 23.4 Å². The summed E-state index contributed by atoms with van der Waals surface area (Å²) in [5.74, 6) is 1.42. The number of amides is 2. The van der Waals surface area contributed by atoms with Gasteiger partial charge in [-0.15, -0.1) is 5.10 Å². The maximum absolute atomic E-state index is 12.3. The molecule has 0 spiro atoms. The van der Waals surface area contributed by atoms with Crippen LogP contribution in [0.15, 0.2) is 55.0 Å². The van der Waals surface area contributed by atoms with Crippen LogP contribution >= 0.6 is 11.6 Å². The van der Waals surface area contributed by atoms with Crippen molar-refractivity contribution < 1.29 is 9.59 Å². The van der Waals surface area contributed by atoms with Gasteiger partial charge in [-0.2, -0.15) is 5.26 Å². The Bertz CT molecular complexity index is 1980. The van der Waals surface area contributed by atoms with Crippen LogP contribution in [0.25, 0.3) is 5.69 Å². The van der Waals surface area contributed by atoms with Gasteiger partial charge in [-0.3, -0.25) is 19.8 Å². The standard InChI is InChI=1S/C39H47ClN12O2/c1-25(20-41)45-33-19-36(46-38-32(40)18-27(21-42)22-44-38)43-23-35(33)52-24-34(48-49-52)29-4-2-26(3-5-29)12-13-50-14-16-51(17-15-50)30-8-6-28(7-9-30)31-10-11-37(53)47-39(31)54/h6-9,18-19,22-26,29,31H,2-5,10-17,21,42H2,1H3,(H,47,53,54)(H2,43,44,45,46)/t25-,26?,29?,31?/m1/s1. The monoisotopic (exact) mass is 750 g/mol. The van der Waals surface area contributed by atoms with Crippen molar-refractivity contribution in [2.24, 2.45) is 11.7 Å². The van der Waals surface area contributed by atoms with Crippen LogP contribution in [0.4, 0.5) is 23.0 Å². The average Bonchev–Trinajstić information content (AvgIpc) is 3.69. The van der Waals surface area contributed by atoms with E-state index in [0.717, 1.165) is 62.4 Å². The summed E-state index contributed by atoms with van der Waals surface area (Å²) < 4.78 is 1.73. The minimum Gasteiger partial charge on any atom is -0.369 e. The van der Waals surface area contributed by atoms with Gasteiger partial charge < -0.3 is 21.3 Å². The highest BCUT2D eigenvalue weighted by molar-refractivity contribution is 6.33. The summed E-state index contributed by atoms with van der Waals surface area (Å²) in [7, 11) is 0. The average molecular weight is 751 g/mol. The lowest BCUT2D eigenvalue weighted by atomic mass is 9.79. The molecule has 1 unspecified atom stereocenters. The van der Waals surface area contributed by atoms with Gasteiger partial charge in [0.15, 0.2) is 0 Å². The van der Waals surface area contributed by atoms with Crippen molar-refractivity contribution in [2.45, 2.75) is 76.3 Å². The van der Waals surface area contributed by atoms with E-state index in [1.807, 2.05) is 24.4 Å². The molecule has 54 heavy (non-hydrogen) atoms. The molecule has 5 N–H and O–H groups in total. The second kappa shape index (κ2) is 16.9.